The van der Waals surface area contributed by atoms with Crippen LogP contribution in [-0.2, 0) is 9.59 Å². The lowest BCUT2D eigenvalue weighted by atomic mass is 9.95. The molecule has 0 saturated heterocycles. The molecule has 10 nitrogen and oxygen atoms in total. The molecule has 1 aliphatic rings. The van der Waals surface area contributed by atoms with Crippen molar-refractivity contribution < 1.29 is 65.2 Å². The molecule has 2 aromatic rings. The summed E-state index contributed by atoms with van der Waals surface area (Å²) in [6, 6.07) is 1.73. The molecule has 4 N–H and O–H groups in total. The van der Waals surface area contributed by atoms with Gasteiger partial charge in [-0.25, -0.2) is 9.59 Å². The number of allylic oxidation sites excluding steroid dienone is 2. The van der Waals surface area contributed by atoms with E-state index in [1.54, 1.807) is 0 Å². The molecule has 18 heteroatoms. The third-order valence-corrected chi connectivity index (χ3v) is 11.4. The number of thiophene rings is 2. The second-order valence-electron chi connectivity index (χ2n) is 14.1. The van der Waals surface area contributed by atoms with Crippen molar-refractivity contribution in [2.45, 2.75) is 147 Å². The maximum atomic E-state index is 15.5. The first-order valence-corrected chi connectivity index (χ1v) is 21.0. The molecule has 0 saturated carbocycles. The maximum Gasteiger partial charge on any atom is 0.413 e. The molecule has 0 unspecified atom stereocenters. The summed E-state index contributed by atoms with van der Waals surface area (Å²) >= 11 is 1.32. The first-order valence-electron chi connectivity index (χ1n) is 19.3. The van der Waals surface area contributed by atoms with E-state index < -0.39 is 64.2 Å². The Labute approximate surface area is 336 Å². The van der Waals surface area contributed by atoms with Gasteiger partial charge >= 0.3 is 41.9 Å². The summed E-state index contributed by atoms with van der Waals surface area (Å²) in [7, 11) is 0. The lowest BCUT2D eigenvalue weighted by molar-refractivity contribution is -0.254. The minimum atomic E-state index is -5.81. The number of aryl methyl sites for hydroxylation is 2. The predicted octanol–water partition coefficient (Wildman–Crippen LogP) is 11.6. The molecule has 0 fully saturated rings. The Kier molecular flexibility index (Phi) is 18.7. The van der Waals surface area contributed by atoms with Crippen molar-refractivity contribution in [1.82, 2.24) is 10.6 Å². The van der Waals surface area contributed by atoms with E-state index in [1.807, 2.05) is 0 Å². The summed E-state index contributed by atoms with van der Waals surface area (Å²) in [6.45, 7) is 2.99. The van der Waals surface area contributed by atoms with Crippen LogP contribution in [0.25, 0.3) is 11.1 Å². The number of amides is 2. The van der Waals surface area contributed by atoms with Crippen molar-refractivity contribution >= 4 is 57.9 Å². The van der Waals surface area contributed by atoms with Gasteiger partial charge in [-0.2, -0.15) is 26.3 Å². The molecule has 3 rings (SSSR count). The zero-order valence-electron chi connectivity index (χ0n) is 32.2. The number of alkyl halides is 6. The molecule has 2 heterocycles. The number of carboxylic acid groups (broad SMARTS) is 2. The number of unbranched alkanes of at least 4 members (excludes halogenated alkanes) is 14. The molecular weight excluding hydrogens is 803 g/mol. The van der Waals surface area contributed by atoms with Gasteiger partial charge in [0.2, 0.25) is 0 Å². The number of carbonyl (C=O) groups excluding carboxylic acids is 2. The Morgan fingerprint density at radius 3 is 1.16 bits per heavy atom. The number of carbonyl (C=O) groups is 4. The summed E-state index contributed by atoms with van der Waals surface area (Å²) in [5.41, 5.74) is -4.49. The normalized spacial score (nSPS) is 15.4. The van der Waals surface area contributed by atoms with Crippen LogP contribution in [0.15, 0.2) is 12.1 Å². The minimum absolute atomic E-state index is 0.0686. The molecule has 2 aromatic heterocycles. The topological polar surface area (TPSA) is 151 Å². The third-order valence-electron chi connectivity index (χ3n) is 9.56. The molecular formula is C39H52F6N2O8S2. The molecule has 0 aromatic carbocycles. The number of hydrogen-bond acceptors (Lipinski definition) is 8. The standard InChI is InChI=1S/C39H52F6N2O8S2/c1-25-27(23-31(56-25)54-35(52)46-21-17-13-9-5-3-7-11-15-19-29(48)49)33-34(38(42,43)39(44,45)37(33,40)41)28-24-32(57-26(28)2)55-36(53)47-22-18-14-10-6-4-8-12-16-20-30(50)51/h23-24H,3-22H2,1-2H3,(H,46,52)(H,47,53)(H,48,49)(H,50,51). The van der Waals surface area contributed by atoms with Gasteiger partial charge in [-0.15, -0.1) is 22.7 Å². The van der Waals surface area contributed by atoms with Crippen LogP contribution in [0.3, 0.4) is 0 Å². The van der Waals surface area contributed by atoms with Gasteiger partial charge in [0.15, 0.2) is 10.1 Å². The van der Waals surface area contributed by atoms with Crippen LogP contribution >= 0.6 is 22.7 Å². The van der Waals surface area contributed by atoms with Crippen molar-refractivity contribution in [3.8, 4) is 10.1 Å². The fourth-order valence-corrected chi connectivity index (χ4v) is 8.23. The van der Waals surface area contributed by atoms with E-state index in [4.69, 9.17) is 19.7 Å². The van der Waals surface area contributed by atoms with Crippen LogP contribution in [-0.4, -0.2) is 65.2 Å². The maximum absolute atomic E-state index is 15.5. The molecule has 0 radical (unpaired) electrons. The van der Waals surface area contributed by atoms with Crippen molar-refractivity contribution in [2.24, 2.45) is 0 Å². The third kappa shape index (κ3) is 13.6. The van der Waals surface area contributed by atoms with Gasteiger partial charge in [-0.1, -0.05) is 77.0 Å². The average molecular weight is 855 g/mol. The number of halogens is 6. The molecule has 57 heavy (non-hydrogen) atoms. The zero-order valence-corrected chi connectivity index (χ0v) is 33.9. The lowest BCUT2D eigenvalue weighted by Gasteiger charge is -2.25. The highest BCUT2D eigenvalue weighted by atomic mass is 32.1. The summed E-state index contributed by atoms with van der Waals surface area (Å²) < 4.78 is 102. The van der Waals surface area contributed by atoms with Gasteiger partial charge in [-0.05, 0) is 39.5 Å². The lowest BCUT2D eigenvalue weighted by Crippen LogP contribution is -2.48. The van der Waals surface area contributed by atoms with Crippen LogP contribution in [0.4, 0.5) is 35.9 Å². The van der Waals surface area contributed by atoms with Crippen molar-refractivity contribution in [3.63, 3.8) is 0 Å². The summed E-state index contributed by atoms with van der Waals surface area (Å²) in [4.78, 5) is 45.9. The van der Waals surface area contributed by atoms with Gasteiger partial charge in [0.1, 0.15) is 0 Å². The van der Waals surface area contributed by atoms with E-state index >= 15 is 17.6 Å². The monoisotopic (exact) mass is 854 g/mol. The summed E-state index contributed by atoms with van der Waals surface area (Å²) in [5, 5.41) is 21.9. The highest BCUT2D eigenvalue weighted by Crippen LogP contribution is 2.66. The number of hydrogen-bond donors (Lipinski definition) is 4. The number of nitrogens with one attached hydrogen (secondary N) is 2. The zero-order chi connectivity index (χ0) is 42.2. The second-order valence-corrected chi connectivity index (χ2v) is 16.6. The van der Waals surface area contributed by atoms with E-state index in [0.29, 0.717) is 48.4 Å². The van der Waals surface area contributed by atoms with Crippen molar-refractivity contribution in [1.29, 1.82) is 0 Å². The van der Waals surface area contributed by atoms with E-state index in [9.17, 15) is 28.0 Å². The van der Waals surface area contributed by atoms with Crippen molar-refractivity contribution in [3.05, 3.63) is 33.0 Å². The first-order chi connectivity index (χ1) is 26.9. The first kappa shape index (κ1) is 47.6. The van der Waals surface area contributed by atoms with E-state index in [0.717, 1.165) is 89.2 Å². The number of rotatable bonds is 26. The Balaban J connectivity index is 1.59. The van der Waals surface area contributed by atoms with E-state index in [-0.39, 0.29) is 45.8 Å². The van der Waals surface area contributed by atoms with E-state index in [1.165, 1.54) is 13.8 Å². The fraction of sp³-hybridized carbons (Fsp3) is 0.641. The molecule has 1 aliphatic carbocycles. The molecule has 0 bridgehead atoms. The van der Waals surface area contributed by atoms with Crippen LogP contribution < -0.4 is 20.1 Å². The fourth-order valence-electron chi connectivity index (χ4n) is 6.50. The van der Waals surface area contributed by atoms with Gasteiger partial charge in [0, 0.05) is 70.1 Å². The van der Waals surface area contributed by atoms with Crippen LogP contribution in [0.5, 0.6) is 10.1 Å². The predicted molar refractivity (Wildman–Crippen MR) is 206 cm³/mol. The van der Waals surface area contributed by atoms with Crippen LogP contribution in [0.1, 0.15) is 136 Å². The van der Waals surface area contributed by atoms with Crippen LogP contribution in [0.2, 0.25) is 0 Å². The average Bonchev–Trinajstić information content (AvgIpc) is 3.69. The SMILES string of the molecule is Cc1sc(OC(=O)NCCCCCCCCCCC(=O)O)cc1C1=C(c2cc(OC(=O)NCCCCCCCCCCC(=O)O)sc2C)C(F)(F)C(F)(F)C1(F)F. The number of ether oxygens (including phenoxy) is 2. The highest BCUT2D eigenvalue weighted by molar-refractivity contribution is 7.14. The Hall–Kier alpha value is -3.80. The Bertz CT molecular complexity index is 1580. The molecule has 0 aliphatic heterocycles. The second kappa shape index (κ2) is 22.4. The van der Waals surface area contributed by atoms with Crippen molar-refractivity contribution in [2.75, 3.05) is 13.1 Å². The Morgan fingerprint density at radius 1 is 0.544 bits per heavy atom. The quantitative estimate of drug-likeness (QED) is 0.0539. The largest absolute Gasteiger partial charge is 0.481 e. The van der Waals surface area contributed by atoms with Gasteiger partial charge in [0.05, 0.1) is 0 Å². The summed E-state index contributed by atoms with van der Waals surface area (Å²) in [6.07, 6.45) is 11.8. The van der Waals surface area contributed by atoms with Crippen LogP contribution in [0, 0.1) is 13.8 Å². The van der Waals surface area contributed by atoms with Gasteiger partial charge < -0.3 is 30.3 Å². The highest BCUT2D eigenvalue weighted by Gasteiger charge is 2.80. The Morgan fingerprint density at radius 2 is 0.842 bits per heavy atom. The number of carboxylic acids is 2. The minimum Gasteiger partial charge on any atom is -0.481 e. The molecule has 0 atom stereocenters. The molecule has 320 valence electrons. The molecule has 0 spiro atoms. The van der Waals surface area contributed by atoms with Gasteiger partial charge in [-0.3, -0.25) is 9.59 Å². The number of aliphatic carboxylic acids is 2. The van der Waals surface area contributed by atoms with E-state index in [2.05, 4.69) is 10.6 Å². The smallest absolute Gasteiger partial charge is 0.413 e. The molecule has 2 amide bonds. The van der Waals surface area contributed by atoms with Gasteiger partial charge in [0.25, 0.3) is 0 Å². The summed E-state index contributed by atoms with van der Waals surface area (Å²) in [5.74, 6) is -18.1.